The van der Waals surface area contributed by atoms with Crippen LogP contribution < -0.4 is 0 Å². The Balaban J connectivity index is 1.85. The van der Waals surface area contributed by atoms with Crippen molar-refractivity contribution in [3.63, 3.8) is 0 Å². The van der Waals surface area contributed by atoms with E-state index in [9.17, 15) is 0 Å². The van der Waals surface area contributed by atoms with Gasteiger partial charge in [-0.3, -0.25) is 0 Å². The van der Waals surface area contributed by atoms with Crippen molar-refractivity contribution in [1.82, 2.24) is 0 Å². The Bertz CT molecular complexity index is 1100. The van der Waals surface area contributed by atoms with Crippen LogP contribution in [0.3, 0.4) is 0 Å². The van der Waals surface area contributed by atoms with E-state index in [0.717, 1.165) is 6.42 Å². The van der Waals surface area contributed by atoms with Gasteiger partial charge in [0.15, 0.2) is 0 Å². The molecule has 0 N–H and O–H groups in total. The van der Waals surface area contributed by atoms with Crippen LogP contribution in [0.2, 0.25) is 0 Å². The van der Waals surface area contributed by atoms with Crippen LogP contribution in [0.15, 0.2) is 95.5 Å². The second kappa shape index (κ2) is 6.26. The maximum Gasteiger partial charge on any atom is 0.0335 e. The Hall–Kier alpha value is -2.64. The maximum absolute atomic E-state index is 3.95. The number of benzene rings is 4. The van der Waals surface area contributed by atoms with Crippen LogP contribution in [0.5, 0.6) is 0 Å². The lowest BCUT2D eigenvalue weighted by molar-refractivity contribution is 1.26. The zero-order chi connectivity index (χ0) is 17.5. The zero-order valence-corrected chi connectivity index (χ0v) is 15.8. The first-order chi connectivity index (χ1) is 12.8. The fraction of sp³-hybridized carbons (Fsp3) is 0.0400. The molecule has 0 nitrogen and oxygen atoms in total. The van der Waals surface area contributed by atoms with E-state index in [1.807, 2.05) is 0 Å². The van der Waals surface area contributed by atoms with Gasteiger partial charge in [0, 0.05) is 10.0 Å². The van der Waals surface area contributed by atoms with Crippen LogP contribution in [-0.2, 0) is 6.42 Å². The molecule has 4 aromatic rings. The summed E-state index contributed by atoms with van der Waals surface area (Å²) in [6.45, 7) is 0. The lowest BCUT2D eigenvalue weighted by Crippen LogP contribution is -1.93. The van der Waals surface area contributed by atoms with Gasteiger partial charge in [-0.05, 0) is 67.4 Å². The molecule has 5 rings (SSSR count). The number of hydrogen-bond donors (Lipinski definition) is 0. The molecule has 1 heteroatoms. The molecule has 0 aromatic heterocycles. The Morgan fingerprint density at radius 2 is 1.19 bits per heavy atom. The van der Waals surface area contributed by atoms with Gasteiger partial charge in [-0.25, -0.2) is 0 Å². The summed E-state index contributed by atoms with van der Waals surface area (Å²) in [5.41, 5.74) is 10.6. The Morgan fingerprint density at radius 1 is 0.577 bits per heavy atom. The first-order valence-corrected chi connectivity index (χ1v) is 9.67. The highest BCUT2D eigenvalue weighted by Crippen LogP contribution is 2.48. The Morgan fingerprint density at radius 3 is 1.92 bits per heavy atom. The minimum atomic E-state index is 0.989. The van der Waals surface area contributed by atoms with Crippen molar-refractivity contribution in [3.05, 3.63) is 107 Å². The molecule has 0 spiro atoms. The largest absolute Gasteiger partial charge is 0.0622 e. The van der Waals surface area contributed by atoms with E-state index in [0.29, 0.717) is 0 Å². The fourth-order valence-electron chi connectivity index (χ4n) is 3.98. The van der Waals surface area contributed by atoms with Gasteiger partial charge in [0.25, 0.3) is 0 Å². The second-order valence-electron chi connectivity index (χ2n) is 6.71. The van der Waals surface area contributed by atoms with E-state index in [1.165, 1.54) is 49.0 Å². The third kappa shape index (κ3) is 2.43. The second-order valence-corrected chi connectivity index (χ2v) is 7.50. The fourth-order valence-corrected chi connectivity index (χ4v) is 4.79. The Kier molecular flexibility index (Phi) is 3.76. The van der Waals surface area contributed by atoms with Crippen LogP contribution >= 0.6 is 15.9 Å². The van der Waals surface area contributed by atoms with Gasteiger partial charge in [0.05, 0.1) is 0 Å². The van der Waals surface area contributed by atoms with Gasteiger partial charge in [0.1, 0.15) is 0 Å². The van der Waals surface area contributed by atoms with Crippen molar-refractivity contribution in [1.29, 1.82) is 0 Å². The first kappa shape index (κ1) is 15.6. The van der Waals surface area contributed by atoms with Crippen molar-refractivity contribution in [2.45, 2.75) is 6.42 Å². The smallest absolute Gasteiger partial charge is 0.0335 e. The summed E-state index contributed by atoms with van der Waals surface area (Å²) in [6, 6.07) is 32.5. The molecule has 1 aliphatic carbocycles. The van der Waals surface area contributed by atoms with Crippen LogP contribution in [0.1, 0.15) is 11.1 Å². The van der Waals surface area contributed by atoms with Gasteiger partial charge in [-0.2, -0.15) is 0 Å². The predicted molar refractivity (Wildman–Crippen MR) is 113 cm³/mol. The van der Waals surface area contributed by atoms with Crippen LogP contribution in [-0.4, -0.2) is 0 Å². The van der Waals surface area contributed by atoms with Gasteiger partial charge in [0.2, 0.25) is 0 Å². The van der Waals surface area contributed by atoms with E-state index in [-0.39, 0.29) is 0 Å². The van der Waals surface area contributed by atoms with Crippen molar-refractivity contribution >= 4 is 15.9 Å². The average molecular weight is 397 g/mol. The molecular weight excluding hydrogens is 380 g/mol. The van der Waals surface area contributed by atoms with Gasteiger partial charge < -0.3 is 0 Å². The van der Waals surface area contributed by atoms with Crippen LogP contribution in [0.25, 0.3) is 33.4 Å². The Labute approximate surface area is 162 Å². The quantitative estimate of drug-likeness (QED) is 0.292. The van der Waals surface area contributed by atoms with Crippen molar-refractivity contribution < 1.29 is 0 Å². The lowest BCUT2D eigenvalue weighted by Gasteiger charge is -2.17. The number of rotatable bonds is 2. The molecule has 0 fully saturated rings. The van der Waals surface area contributed by atoms with Crippen molar-refractivity contribution in [2.75, 3.05) is 0 Å². The number of halogens is 1. The summed E-state index contributed by atoms with van der Waals surface area (Å²) in [4.78, 5) is 0. The lowest BCUT2D eigenvalue weighted by atomic mass is 9.91. The molecule has 124 valence electrons. The first-order valence-electron chi connectivity index (χ1n) is 8.87. The summed E-state index contributed by atoms with van der Waals surface area (Å²) in [5.74, 6) is 0. The van der Waals surface area contributed by atoms with Gasteiger partial charge >= 0.3 is 0 Å². The van der Waals surface area contributed by atoms with Crippen molar-refractivity contribution in [2.24, 2.45) is 0 Å². The molecule has 26 heavy (non-hydrogen) atoms. The topological polar surface area (TPSA) is 0 Å². The standard InChI is InChI=1S/C25H17Br/c26-25-21(17-9-3-1-4-10-17)16-22-20-14-8-7-13-19(20)15-23(22)24(25)18-11-5-2-6-12-18/h1-14,16H,15H2. The highest BCUT2D eigenvalue weighted by Gasteiger charge is 2.25. The SMILES string of the molecule is Brc1c(-c2ccccc2)cc2c(c1-c1ccccc1)Cc1ccccc1-2. The molecule has 1 aliphatic rings. The molecule has 0 bridgehead atoms. The predicted octanol–water partition coefficient (Wildman–Crippen LogP) is 7.35. The molecular formula is C25H17Br. The minimum absolute atomic E-state index is 0.989. The number of fused-ring (bicyclic) bond motifs is 3. The highest BCUT2D eigenvalue weighted by atomic mass is 79.9. The number of hydrogen-bond acceptors (Lipinski definition) is 0. The summed E-state index contributed by atoms with van der Waals surface area (Å²) < 4.78 is 1.18. The maximum atomic E-state index is 3.95. The van der Waals surface area contributed by atoms with Gasteiger partial charge in [-0.15, -0.1) is 0 Å². The van der Waals surface area contributed by atoms with E-state index >= 15 is 0 Å². The monoisotopic (exact) mass is 396 g/mol. The molecule has 4 aromatic carbocycles. The molecule has 0 aliphatic heterocycles. The van der Waals surface area contributed by atoms with E-state index in [1.54, 1.807) is 0 Å². The third-order valence-corrected chi connectivity index (χ3v) is 6.02. The summed E-state index contributed by atoms with van der Waals surface area (Å²) in [5, 5.41) is 0. The highest BCUT2D eigenvalue weighted by molar-refractivity contribution is 9.10. The van der Waals surface area contributed by atoms with E-state index in [2.05, 4.69) is 107 Å². The zero-order valence-electron chi connectivity index (χ0n) is 14.2. The minimum Gasteiger partial charge on any atom is -0.0622 e. The molecule has 0 amide bonds. The van der Waals surface area contributed by atoms with Crippen LogP contribution in [0, 0.1) is 0 Å². The normalized spacial score (nSPS) is 11.9. The molecule has 0 unspecified atom stereocenters. The molecule has 0 radical (unpaired) electrons. The molecule has 0 saturated heterocycles. The average Bonchev–Trinajstić information content (AvgIpc) is 3.07. The van der Waals surface area contributed by atoms with E-state index in [4.69, 9.17) is 0 Å². The van der Waals surface area contributed by atoms with Gasteiger partial charge in [-0.1, -0.05) is 84.9 Å². The van der Waals surface area contributed by atoms with E-state index < -0.39 is 0 Å². The summed E-state index contributed by atoms with van der Waals surface area (Å²) >= 11 is 3.95. The summed E-state index contributed by atoms with van der Waals surface area (Å²) in [6.07, 6.45) is 0.989. The molecule has 0 saturated carbocycles. The summed E-state index contributed by atoms with van der Waals surface area (Å²) in [7, 11) is 0. The molecule has 0 heterocycles. The molecule has 0 atom stereocenters. The van der Waals surface area contributed by atoms with Crippen molar-refractivity contribution in [3.8, 4) is 33.4 Å². The van der Waals surface area contributed by atoms with Crippen LogP contribution in [0.4, 0.5) is 0 Å². The third-order valence-electron chi connectivity index (χ3n) is 5.19.